The van der Waals surface area contributed by atoms with Crippen LogP contribution in [0.4, 0.5) is 0 Å². The van der Waals surface area contributed by atoms with E-state index in [1.54, 1.807) is 27.3 Å². The van der Waals surface area contributed by atoms with Crippen molar-refractivity contribution in [1.82, 2.24) is 9.55 Å². The third-order valence-corrected chi connectivity index (χ3v) is 10.8. The van der Waals surface area contributed by atoms with Crippen molar-refractivity contribution in [2.24, 2.45) is 11.8 Å². The fraction of sp³-hybridized carbons (Fsp3) is 0.378. The first kappa shape index (κ1) is 33.6. The van der Waals surface area contributed by atoms with Gasteiger partial charge in [0.1, 0.15) is 17.7 Å². The molecule has 11 heteroatoms. The quantitative estimate of drug-likeness (QED) is 0.109. The van der Waals surface area contributed by atoms with E-state index in [4.69, 9.17) is 28.5 Å². The Morgan fingerprint density at radius 1 is 0.938 bits per heavy atom. The summed E-state index contributed by atoms with van der Waals surface area (Å²) in [6.07, 6.45) is 1.79. The minimum atomic E-state index is -1.30. The predicted molar refractivity (Wildman–Crippen MR) is 182 cm³/mol. The van der Waals surface area contributed by atoms with Crippen LogP contribution in [0.2, 0.25) is 0 Å². The normalized spacial score (nSPS) is 22.5. The summed E-state index contributed by atoms with van der Waals surface area (Å²) >= 11 is 0. The Kier molecular flexibility index (Phi) is 10.1. The van der Waals surface area contributed by atoms with Crippen LogP contribution in [0, 0.1) is 30.1 Å². The molecule has 250 valence electrons. The lowest BCUT2D eigenvalue weighted by molar-refractivity contribution is -0.0348. The van der Waals surface area contributed by atoms with Crippen molar-refractivity contribution in [2.75, 3.05) is 27.5 Å². The number of hydrogen-bond donors (Lipinski definition) is 1. The monoisotopic (exact) mass is 669 g/mol. The molecule has 0 bridgehead atoms. The van der Waals surface area contributed by atoms with E-state index in [1.807, 2.05) is 49.1 Å². The van der Waals surface area contributed by atoms with Gasteiger partial charge in [0.25, 0.3) is 5.56 Å². The zero-order valence-electron chi connectivity index (χ0n) is 27.5. The molecule has 1 N–H and O–H groups in total. The van der Waals surface area contributed by atoms with E-state index < -0.39 is 31.3 Å². The van der Waals surface area contributed by atoms with Gasteiger partial charge in [-0.2, -0.15) is 5.26 Å². The maximum absolute atomic E-state index is 13.1. The van der Waals surface area contributed by atoms with Gasteiger partial charge in [-0.25, -0.2) is 4.79 Å². The molecule has 1 saturated heterocycles. The number of aryl methyl sites for hydroxylation is 1. The van der Waals surface area contributed by atoms with Crippen molar-refractivity contribution >= 4 is 8.38 Å². The van der Waals surface area contributed by atoms with E-state index in [0.29, 0.717) is 25.0 Å². The smallest absolute Gasteiger partial charge is 0.330 e. The zero-order chi connectivity index (χ0) is 33.8. The number of benzene rings is 3. The van der Waals surface area contributed by atoms with E-state index in [2.05, 4.69) is 47.5 Å². The number of methoxy groups -OCH3 is 2. The van der Waals surface area contributed by atoms with E-state index in [0.717, 1.165) is 28.2 Å². The molecule has 1 aliphatic heterocycles. The molecule has 1 unspecified atom stereocenters. The number of fused-ring (bicyclic) bond motifs is 1. The van der Waals surface area contributed by atoms with E-state index >= 15 is 0 Å². The van der Waals surface area contributed by atoms with Crippen LogP contribution in [0.5, 0.6) is 11.5 Å². The molecular formula is C37H40N3O7P. The van der Waals surface area contributed by atoms with E-state index in [1.165, 1.54) is 4.57 Å². The molecule has 0 spiro atoms. The summed E-state index contributed by atoms with van der Waals surface area (Å²) in [4.78, 5) is 27.8. The van der Waals surface area contributed by atoms with Gasteiger partial charge in [0.2, 0.25) is 0 Å². The highest BCUT2D eigenvalue weighted by atomic mass is 31.2. The summed E-state index contributed by atoms with van der Waals surface area (Å²) in [5.41, 5.74) is 1.97. The Labute approximate surface area is 281 Å². The lowest BCUT2D eigenvalue weighted by Crippen LogP contribution is -2.43. The van der Waals surface area contributed by atoms with Gasteiger partial charge < -0.3 is 23.3 Å². The lowest BCUT2D eigenvalue weighted by atomic mass is 9.60. The van der Waals surface area contributed by atoms with Gasteiger partial charge in [-0.05, 0) is 54.3 Å². The highest BCUT2D eigenvalue weighted by Gasteiger charge is 2.59. The van der Waals surface area contributed by atoms with Gasteiger partial charge >= 0.3 is 5.69 Å². The van der Waals surface area contributed by atoms with Crippen LogP contribution in [-0.4, -0.2) is 49.3 Å². The molecule has 1 aliphatic carbocycles. The summed E-state index contributed by atoms with van der Waals surface area (Å²) in [5, 5.41) is 9.05. The second-order valence-corrected chi connectivity index (χ2v) is 13.6. The first-order valence-corrected chi connectivity index (χ1v) is 17.6. The fourth-order valence-electron chi connectivity index (χ4n) is 7.54. The third kappa shape index (κ3) is 6.31. The molecule has 0 amide bonds. The van der Waals surface area contributed by atoms with Crippen molar-refractivity contribution in [3.05, 3.63) is 128 Å². The molecular weight excluding hydrogens is 629 g/mol. The Hall–Kier alpha value is -4.26. The second-order valence-electron chi connectivity index (χ2n) is 12.2. The minimum absolute atomic E-state index is 0.0942. The molecule has 6 rings (SSSR count). The van der Waals surface area contributed by atoms with Crippen LogP contribution in [0.3, 0.4) is 0 Å². The molecule has 4 aromatic rings. The first-order valence-electron chi connectivity index (χ1n) is 16.0. The number of ether oxygens (including phenoxy) is 3. The average Bonchev–Trinajstić information content (AvgIpc) is 3.68. The van der Waals surface area contributed by atoms with Crippen LogP contribution in [0.25, 0.3) is 0 Å². The number of hydrogen-bond acceptors (Lipinski definition) is 8. The molecule has 48 heavy (non-hydrogen) atoms. The lowest BCUT2D eigenvalue weighted by Gasteiger charge is -2.43. The second kappa shape index (κ2) is 14.5. The molecule has 10 nitrogen and oxygen atoms in total. The van der Waals surface area contributed by atoms with Crippen LogP contribution < -0.4 is 20.7 Å². The van der Waals surface area contributed by atoms with Crippen LogP contribution in [-0.2, 0) is 19.2 Å². The molecule has 1 saturated carbocycles. The number of nitrogens with one attached hydrogen (secondary N) is 1. The van der Waals surface area contributed by atoms with Gasteiger partial charge in [0, 0.05) is 36.7 Å². The topological polar surface area (TPSA) is 125 Å². The number of nitrogens with zero attached hydrogens (tertiary/aromatic N) is 2. The number of aromatic amines is 1. The van der Waals surface area contributed by atoms with Gasteiger partial charge in [-0.3, -0.25) is 14.3 Å². The Morgan fingerprint density at radius 2 is 1.54 bits per heavy atom. The summed E-state index contributed by atoms with van der Waals surface area (Å²) in [6, 6.07) is 28.9. The molecule has 2 fully saturated rings. The van der Waals surface area contributed by atoms with Crippen LogP contribution in [0.15, 0.2) is 94.6 Å². The molecule has 2 aliphatic rings. The largest absolute Gasteiger partial charge is 0.497 e. The summed E-state index contributed by atoms with van der Waals surface area (Å²) in [5.74, 6) is 1.24. The standard InChI is InChI=1S/C37H40N3O7P/c1-24-23-40(36(42)39-35(24)41)33-21-30-32(47-48(4)45-20-8-19-38)22-31(34(30)46-33)37(25-9-6-5-7-10-25,26-11-15-28(43-2)16-12-26)27-13-17-29(44-3)18-14-27/h5-7,9-18,23,30-34H,8,20-22H2,1-4H3,(H,39,41,42)/t30-,31+,32+,33+,34-,48?/m0/s1. The Bertz CT molecular complexity index is 1810. The maximum Gasteiger partial charge on any atom is 0.330 e. The molecule has 6 atom stereocenters. The van der Waals surface area contributed by atoms with Crippen molar-refractivity contribution in [2.45, 2.75) is 50.0 Å². The summed E-state index contributed by atoms with van der Waals surface area (Å²) < 4.78 is 32.2. The summed E-state index contributed by atoms with van der Waals surface area (Å²) in [7, 11) is 2.01. The predicted octanol–water partition coefficient (Wildman–Crippen LogP) is 6.08. The van der Waals surface area contributed by atoms with Crippen molar-refractivity contribution in [3.63, 3.8) is 0 Å². The molecule has 0 radical (unpaired) electrons. The third-order valence-electron chi connectivity index (χ3n) is 9.67. The molecule has 2 heterocycles. The van der Waals surface area contributed by atoms with Gasteiger partial charge in [-0.1, -0.05) is 54.6 Å². The van der Waals surface area contributed by atoms with Crippen molar-refractivity contribution < 1.29 is 23.3 Å². The summed E-state index contributed by atoms with van der Waals surface area (Å²) in [6.45, 7) is 3.88. The number of H-pyrrole nitrogens is 1. The molecule has 1 aromatic heterocycles. The first-order chi connectivity index (χ1) is 23.3. The highest BCUT2D eigenvalue weighted by molar-refractivity contribution is 7.46. The number of aromatic nitrogens is 2. The van der Waals surface area contributed by atoms with Gasteiger partial charge in [0.05, 0.1) is 50.9 Å². The Morgan fingerprint density at radius 3 is 2.12 bits per heavy atom. The van der Waals surface area contributed by atoms with Gasteiger partial charge in [-0.15, -0.1) is 0 Å². The number of rotatable bonds is 12. The van der Waals surface area contributed by atoms with Crippen LogP contribution >= 0.6 is 8.38 Å². The SMILES string of the molecule is COc1ccc(C(c2ccccc2)(c2ccc(OC)cc2)[C@@H]2C[C@@H](OP(C)OCCC#N)[C@@H]3C[C@H](n4cc(C)c(=O)[nH]c4=O)O[C@@H]32)cc1. The minimum Gasteiger partial charge on any atom is -0.497 e. The highest BCUT2D eigenvalue weighted by Crippen LogP contribution is 2.59. The van der Waals surface area contributed by atoms with E-state index in [-0.39, 0.29) is 30.5 Å². The zero-order valence-corrected chi connectivity index (χ0v) is 28.4. The van der Waals surface area contributed by atoms with Crippen LogP contribution in [0.1, 0.15) is 47.7 Å². The Balaban J connectivity index is 1.53. The fourth-order valence-corrected chi connectivity index (χ4v) is 8.57. The average molecular weight is 670 g/mol. The molecule has 3 aromatic carbocycles. The van der Waals surface area contributed by atoms with E-state index in [9.17, 15) is 9.59 Å². The number of nitriles is 1. The van der Waals surface area contributed by atoms with Gasteiger partial charge in [0.15, 0.2) is 8.38 Å². The van der Waals surface area contributed by atoms with Crippen molar-refractivity contribution in [3.8, 4) is 17.6 Å². The maximum atomic E-state index is 13.1. The van der Waals surface area contributed by atoms with Crippen molar-refractivity contribution in [1.29, 1.82) is 5.26 Å².